The van der Waals surface area contributed by atoms with Crippen molar-refractivity contribution in [1.29, 1.82) is 0 Å². The molecule has 0 aliphatic carbocycles. The summed E-state index contributed by atoms with van der Waals surface area (Å²) in [5.41, 5.74) is 2.67. The number of carbonyl (C=O) groups excluding carboxylic acids is 1. The maximum absolute atomic E-state index is 13.0. The van der Waals surface area contributed by atoms with Crippen LogP contribution in [-0.4, -0.2) is 52.0 Å². The summed E-state index contributed by atoms with van der Waals surface area (Å²) >= 11 is 0. The van der Waals surface area contributed by atoms with Gasteiger partial charge in [-0.3, -0.25) is 4.79 Å². The minimum Gasteiger partial charge on any atom is -0.486 e. The number of carbonyl (C=O) groups is 1. The monoisotopic (exact) mass is 434 g/mol. The number of fused-ring (bicyclic) bond motifs is 1. The number of hydrogen-bond acceptors (Lipinski definition) is 7. The third-order valence-electron chi connectivity index (χ3n) is 5.79. The molecule has 1 atom stereocenters. The lowest BCUT2D eigenvalue weighted by Gasteiger charge is -2.33. The molecule has 9 heteroatoms. The van der Waals surface area contributed by atoms with Gasteiger partial charge in [-0.15, -0.1) is 0 Å². The molecule has 9 nitrogen and oxygen atoms in total. The van der Waals surface area contributed by atoms with Crippen molar-refractivity contribution < 1.29 is 14.3 Å². The Morgan fingerprint density at radius 3 is 2.69 bits per heavy atom. The SMILES string of the molecule is Cc1cc(C)n(-c2cc(N3CCC[C@@H](C(=O)Nc4ccc5c(c4)OCCO5)C3)ncn2)n1. The number of nitrogens with zero attached hydrogens (tertiary/aromatic N) is 5. The minimum absolute atomic E-state index is 0.000738. The first-order valence-electron chi connectivity index (χ1n) is 10.9. The number of piperidine rings is 1. The van der Waals surface area contributed by atoms with Crippen molar-refractivity contribution in [1.82, 2.24) is 19.7 Å². The average molecular weight is 435 g/mol. The Morgan fingerprint density at radius 2 is 1.88 bits per heavy atom. The van der Waals surface area contributed by atoms with Crippen molar-refractivity contribution in [2.24, 2.45) is 5.92 Å². The van der Waals surface area contributed by atoms with Gasteiger partial charge in [-0.2, -0.15) is 5.10 Å². The van der Waals surface area contributed by atoms with Crippen molar-refractivity contribution in [3.63, 3.8) is 0 Å². The van der Waals surface area contributed by atoms with Crippen molar-refractivity contribution in [2.45, 2.75) is 26.7 Å². The molecule has 2 aromatic heterocycles. The number of rotatable bonds is 4. The highest BCUT2D eigenvalue weighted by molar-refractivity contribution is 5.93. The van der Waals surface area contributed by atoms with Crippen LogP contribution in [-0.2, 0) is 4.79 Å². The second kappa shape index (κ2) is 8.49. The highest BCUT2D eigenvalue weighted by atomic mass is 16.6. The largest absolute Gasteiger partial charge is 0.486 e. The van der Waals surface area contributed by atoms with Crippen LogP contribution in [0.15, 0.2) is 36.7 Å². The van der Waals surface area contributed by atoms with E-state index in [1.165, 1.54) is 0 Å². The third-order valence-corrected chi connectivity index (χ3v) is 5.79. The summed E-state index contributed by atoms with van der Waals surface area (Å²) in [5, 5.41) is 7.55. The fraction of sp³-hybridized carbons (Fsp3) is 0.391. The summed E-state index contributed by atoms with van der Waals surface area (Å²) in [7, 11) is 0. The zero-order chi connectivity index (χ0) is 22.1. The van der Waals surface area contributed by atoms with Crippen LogP contribution < -0.4 is 19.7 Å². The van der Waals surface area contributed by atoms with E-state index in [-0.39, 0.29) is 11.8 Å². The van der Waals surface area contributed by atoms with E-state index in [1.54, 1.807) is 6.33 Å². The number of anilines is 2. The van der Waals surface area contributed by atoms with Gasteiger partial charge < -0.3 is 19.7 Å². The second-order valence-corrected chi connectivity index (χ2v) is 8.21. The van der Waals surface area contributed by atoms with Crippen molar-refractivity contribution in [3.05, 3.63) is 48.0 Å². The summed E-state index contributed by atoms with van der Waals surface area (Å²) in [4.78, 5) is 24.0. The molecule has 1 N–H and O–H groups in total. The molecular formula is C23H26N6O3. The molecule has 0 saturated carbocycles. The maximum atomic E-state index is 13.0. The number of aromatic nitrogens is 4. The lowest BCUT2D eigenvalue weighted by Crippen LogP contribution is -2.41. The van der Waals surface area contributed by atoms with Crippen LogP contribution in [0.25, 0.3) is 5.82 Å². The quantitative estimate of drug-likeness (QED) is 0.675. The molecule has 4 heterocycles. The first-order valence-corrected chi connectivity index (χ1v) is 10.9. The van der Waals surface area contributed by atoms with Gasteiger partial charge in [-0.25, -0.2) is 14.6 Å². The van der Waals surface area contributed by atoms with E-state index < -0.39 is 0 Å². The number of hydrogen-bond donors (Lipinski definition) is 1. The number of amides is 1. The Bertz CT molecular complexity index is 1140. The van der Waals surface area contributed by atoms with Gasteiger partial charge in [0, 0.05) is 36.6 Å². The Morgan fingerprint density at radius 1 is 1.06 bits per heavy atom. The molecule has 32 heavy (non-hydrogen) atoms. The number of ether oxygens (including phenoxy) is 2. The summed E-state index contributed by atoms with van der Waals surface area (Å²) in [6, 6.07) is 9.44. The number of nitrogens with one attached hydrogen (secondary N) is 1. The van der Waals surface area contributed by atoms with Crippen molar-refractivity contribution in [2.75, 3.05) is 36.5 Å². The van der Waals surface area contributed by atoms with Crippen LogP contribution >= 0.6 is 0 Å². The van der Waals surface area contributed by atoms with Gasteiger partial charge in [0.1, 0.15) is 25.4 Å². The first-order chi connectivity index (χ1) is 15.6. The predicted octanol–water partition coefficient (Wildman–Crippen LogP) is 2.91. The molecule has 0 radical (unpaired) electrons. The molecule has 0 spiro atoms. The Hall–Kier alpha value is -3.62. The topological polar surface area (TPSA) is 94.4 Å². The zero-order valence-corrected chi connectivity index (χ0v) is 18.2. The van der Waals surface area contributed by atoms with Gasteiger partial charge in [-0.05, 0) is 44.9 Å². The van der Waals surface area contributed by atoms with Crippen LogP contribution in [0.3, 0.4) is 0 Å². The molecule has 0 unspecified atom stereocenters. The Kier molecular flexibility index (Phi) is 5.38. The minimum atomic E-state index is -0.135. The highest BCUT2D eigenvalue weighted by Gasteiger charge is 2.27. The van der Waals surface area contributed by atoms with Crippen LogP contribution in [0.2, 0.25) is 0 Å². The summed E-state index contributed by atoms with van der Waals surface area (Å²) in [6.45, 7) is 6.47. The molecule has 2 aliphatic rings. The summed E-state index contributed by atoms with van der Waals surface area (Å²) in [5.74, 6) is 2.77. The Labute approximate surface area is 186 Å². The predicted molar refractivity (Wildman–Crippen MR) is 120 cm³/mol. The van der Waals surface area contributed by atoms with Crippen LogP contribution in [0.5, 0.6) is 11.5 Å². The molecular weight excluding hydrogens is 408 g/mol. The van der Waals surface area contributed by atoms with Crippen LogP contribution in [0.1, 0.15) is 24.2 Å². The van der Waals surface area contributed by atoms with Gasteiger partial charge >= 0.3 is 0 Å². The molecule has 1 amide bonds. The molecule has 5 rings (SSSR count). The summed E-state index contributed by atoms with van der Waals surface area (Å²) < 4.78 is 13.0. The van der Waals surface area contributed by atoms with Gasteiger partial charge in [-0.1, -0.05) is 0 Å². The third kappa shape index (κ3) is 4.10. The van der Waals surface area contributed by atoms with E-state index in [0.29, 0.717) is 36.9 Å². The molecule has 2 aliphatic heterocycles. The number of benzene rings is 1. The van der Waals surface area contributed by atoms with E-state index in [1.807, 2.05) is 48.9 Å². The van der Waals surface area contributed by atoms with E-state index in [2.05, 4.69) is 25.3 Å². The van der Waals surface area contributed by atoms with E-state index in [4.69, 9.17) is 9.47 Å². The van der Waals surface area contributed by atoms with E-state index in [0.717, 1.165) is 42.4 Å². The van der Waals surface area contributed by atoms with Crippen molar-refractivity contribution in [3.8, 4) is 17.3 Å². The maximum Gasteiger partial charge on any atom is 0.229 e. The summed E-state index contributed by atoms with van der Waals surface area (Å²) in [6.07, 6.45) is 3.31. The fourth-order valence-electron chi connectivity index (χ4n) is 4.25. The van der Waals surface area contributed by atoms with Crippen LogP contribution in [0, 0.1) is 19.8 Å². The molecule has 0 bridgehead atoms. The lowest BCUT2D eigenvalue weighted by atomic mass is 9.97. The molecule has 3 aromatic rings. The normalized spacial score (nSPS) is 17.8. The molecule has 1 fully saturated rings. The number of aryl methyl sites for hydroxylation is 2. The van der Waals surface area contributed by atoms with Gasteiger partial charge in [0.25, 0.3) is 0 Å². The van der Waals surface area contributed by atoms with Gasteiger partial charge in [0.15, 0.2) is 17.3 Å². The first kappa shape index (κ1) is 20.3. The van der Waals surface area contributed by atoms with E-state index >= 15 is 0 Å². The molecule has 166 valence electrons. The van der Waals surface area contributed by atoms with Gasteiger partial charge in [0.2, 0.25) is 5.91 Å². The molecule has 1 saturated heterocycles. The van der Waals surface area contributed by atoms with Gasteiger partial charge in [0.05, 0.1) is 11.6 Å². The molecule has 1 aromatic carbocycles. The van der Waals surface area contributed by atoms with Crippen LogP contribution in [0.4, 0.5) is 11.5 Å². The highest BCUT2D eigenvalue weighted by Crippen LogP contribution is 2.33. The Balaban J connectivity index is 1.29. The smallest absolute Gasteiger partial charge is 0.229 e. The average Bonchev–Trinajstić information content (AvgIpc) is 3.17. The van der Waals surface area contributed by atoms with Crippen molar-refractivity contribution >= 4 is 17.4 Å². The zero-order valence-electron chi connectivity index (χ0n) is 18.2. The lowest BCUT2D eigenvalue weighted by molar-refractivity contribution is -0.120. The second-order valence-electron chi connectivity index (χ2n) is 8.21. The standard InChI is InChI=1S/C23H26N6O3/c1-15-10-16(2)29(27-15)22-12-21(24-14-25-22)28-7-3-4-17(13-28)23(30)26-18-5-6-19-20(11-18)32-9-8-31-19/h5-6,10-12,14,17H,3-4,7-9,13H2,1-2H3,(H,26,30)/t17-/m1/s1. The van der Waals surface area contributed by atoms with E-state index in [9.17, 15) is 4.79 Å². The fourth-order valence-corrected chi connectivity index (χ4v) is 4.25.